The summed E-state index contributed by atoms with van der Waals surface area (Å²) in [5.74, 6) is -0.296. The van der Waals surface area contributed by atoms with Crippen LogP contribution in [0.4, 0.5) is 0 Å². The molecule has 0 atom stereocenters. The standard InChI is InChI=1S/C15H14N2O3/c1-8(2)20-13-5-3-4-10-14(13)9-6-11(15(18)19)16-7-12(9)17-10/h3-8,17H,1-2H3,(H,18,19). The van der Waals surface area contributed by atoms with Gasteiger partial charge in [0.05, 0.1) is 23.3 Å². The number of carboxylic acid groups (broad SMARTS) is 1. The van der Waals surface area contributed by atoms with Gasteiger partial charge in [0, 0.05) is 10.8 Å². The van der Waals surface area contributed by atoms with E-state index >= 15 is 0 Å². The Balaban J connectivity index is 2.33. The number of carboxylic acids is 1. The molecule has 20 heavy (non-hydrogen) atoms. The Morgan fingerprint density at radius 2 is 2.15 bits per heavy atom. The summed E-state index contributed by atoms with van der Waals surface area (Å²) in [7, 11) is 0. The second-order valence-electron chi connectivity index (χ2n) is 4.89. The number of hydrogen-bond acceptors (Lipinski definition) is 3. The maximum Gasteiger partial charge on any atom is 0.354 e. The van der Waals surface area contributed by atoms with Crippen molar-refractivity contribution in [1.82, 2.24) is 9.97 Å². The summed E-state index contributed by atoms with van der Waals surface area (Å²) in [5.41, 5.74) is 1.73. The lowest BCUT2D eigenvalue weighted by Gasteiger charge is -2.10. The fraction of sp³-hybridized carbons (Fsp3) is 0.200. The maximum atomic E-state index is 11.1. The number of fused-ring (bicyclic) bond motifs is 3. The first-order chi connectivity index (χ1) is 9.56. The molecule has 0 amide bonds. The molecule has 3 aromatic rings. The third-order valence-electron chi connectivity index (χ3n) is 3.05. The van der Waals surface area contributed by atoms with E-state index in [1.165, 1.54) is 6.20 Å². The summed E-state index contributed by atoms with van der Waals surface area (Å²) >= 11 is 0. The van der Waals surface area contributed by atoms with E-state index in [-0.39, 0.29) is 11.8 Å². The molecule has 0 bridgehead atoms. The minimum atomic E-state index is -1.04. The first kappa shape index (κ1) is 12.5. The van der Waals surface area contributed by atoms with Gasteiger partial charge in [0.1, 0.15) is 11.4 Å². The summed E-state index contributed by atoms with van der Waals surface area (Å²) in [6, 6.07) is 7.30. The van der Waals surface area contributed by atoms with Crippen molar-refractivity contribution in [3.63, 3.8) is 0 Å². The summed E-state index contributed by atoms with van der Waals surface area (Å²) in [6.45, 7) is 3.91. The van der Waals surface area contributed by atoms with Crippen molar-refractivity contribution in [1.29, 1.82) is 0 Å². The van der Waals surface area contributed by atoms with Crippen LogP contribution in [-0.4, -0.2) is 27.1 Å². The first-order valence-corrected chi connectivity index (χ1v) is 6.36. The average molecular weight is 270 g/mol. The second kappa shape index (κ2) is 4.52. The number of nitrogens with one attached hydrogen (secondary N) is 1. The second-order valence-corrected chi connectivity index (χ2v) is 4.89. The monoisotopic (exact) mass is 270 g/mol. The molecule has 5 nitrogen and oxygen atoms in total. The number of carbonyl (C=O) groups is 1. The van der Waals surface area contributed by atoms with Crippen LogP contribution in [0.1, 0.15) is 24.3 Å². The SMILES string of the molecule is CC(C)Oc1cccc2[nH]c3cnc(C(=O)O)cc3c12. The molecular formula is C15H14N2O3. The predicted molar refractivity (Wildman–Crippen MR) is 76.3 cm³/mol. The number of H-pyrrole nitrogens is 1. The van der Waals surface area contributed by atoms with Crippen LogP contribution < -0.4 is 4.74 Å². The summed E-state index contributed by atoms with van der Waals surface area (Å²) in [5, 5.41) is 10.8. The largest absolute Gasteiger partial charge is 0.490 e. The summed E-state index contributed by atoms with van der Waals surface area (Å²) in [6.07, 6.45) is 1.59. The average Bonchev–Trinajstić information content (AvgIpc) is 2.76. The summed E-state index contributed by atoms with van der Waals surface area (Å²) in [4.78, 5) is 18.2. The molecular weight excluding hydrogens is 256 g/mol. The molecule has 0 aliphatic carbocycles. The molecule has 102 valence electrons. The predicted octanol–water partition coefficient (Wildman–Crippen LogP) is 3.20. The number of nitrogens with zero attached hydrogens (tertiary/aromatic N) is 1. The van der Waals surface area contributed by atoms with Gasteiger partial charge >= 0.3 is 5.97 Å². The van der Waals surface area contributed by atoms with Gasteiger partial charge in [-0.1, -0.05) is 6.07 Å². The van der Waals surface area contributed by atoms with E-state index in [9.17, 15) is 4.79 Å². The van der Waals surface area contributed by atoms with Gasteiger partial charge in [-0.05, 0) is 32.0 Å². The molecule has 5 heteroatoms. The van der Waals surface area contributed by atoms with Crippen LogP contribution in [0.5, 0.6) is 5.75 Å². The van der Waals surface area contributed by atoms with E-state index in [1.807, 2.05) is 32.0 Å². The first-order valence-electron chi connectivity index (χ1n) is 6.36. The number of aromatic carboxylic acids is 1. The zero-order valence-corrected chi connectivity index (χ0v) is 11.2. The Bertz CT molecular complexity index is 805. The Labute approximate surface area is 115 Å². The fourth-order valence-electron chi connectivity index (χ4n) is 2.29. The highest BCUT2D eigenvalue weighted by molar-refractivity contribution is 6.11. The van der Waals surface area contributed by atoms with Gasteiger partial charge < -0.3 is 14.8 Å². The van der Waals surface area contributed by atoms with Crippen molar-refractivity contribution in [3.05, 3.63) is 36.2 Å². The molecule has 0 aliphatic rings. The van der Waals surface area contributed by atoms with Crippen molar-refractivity contribution in [3.8, 4) is 5.75 Å². The third-order valence-corrected chi connectivity index (χ3v) is 3.05. The molecule has 0 radical (unpaired) electrons. The normalized spacial score (nSPS) is 11.3. The van der Waals surface area contributed by atoms with Crippen LogP contribution in [0, 0.1) is 0 Å². The van der Waals surface area contributed by atoms with Crippen LogP contribution in [0.2, 0.25) is 0 Å². The fourth-order valence-corrected chi connectivity index (χ4v) is 2.29. The van der Waals surface area contributed by atoms with Gasteiger partial charge in [-0.3, -0.25) is 0 Å². The Morgan fingerprint density at radius 3 is 2.85 bits per heavy atom. The third kappa shape index (κ3) is 1.97. The molecule has 2 aromatic heterocycles. The number of benzene rings is 1. The Hall–Kier alpha value is -2.56. The number of hydrogen-bond donors (Lipinski definition) is 2. The molecule has 0 unspecified atom stereocenters. The van der Waals surface area contributed by atoms with E-state index in [4.69, 9.17) is 9.84 Å². The molecule has 2 heterocycles. The molecule has 0 saturated heterocycles. The lowest BCUT2D eigenvalue weighted by Crippen LogP contribution is -2.05. The molecule has 0 fully saturated rings. The Kier molecular flexibility index (Phi) is 2.82. The molecule has 0 aliphatic heterocycles. The molecule has 0 saturated carbocycles. The number of aromatic amines is 1. The van der Waals surface area contributed by atoms with Gasteiger partial charge in [0.2, 0.25) is 0 Å². The molecule has 1 aromatic carbocycles. The van der Waals surface area contributed by atoms with E-state index in [0.717, 1.165) is 27.6 Å². The zero-order valence-electron chi connectivity index (χ0n) is 11.2. The van der Waals surface area contributed by atoms with E-state index in [2.05, 4.69) is 9.97 Å². The molecule has 0 spiro atoms. The maximum absolute atomic E-state index is 11.1. The van der Waals surface area contributed by atoms with Crippen molar-refractivity contribution >= 4 is 27.8 Å². The zero-order chi connectivity index (χ0) is 14.3. The minimum absolute atomic E-state index is 0.0257. The Morgan fingerprint density at radius 1 is 1.35 bits per heavy atom. The number of rotatable bonds is 3. The van der Waals surface area contributed by atoms with Crippen molar-refractivity contribution in [2.75, 3.05) is 0 Å². The van der Waals surface area contributed by atoms with Crippen molar-refractivity contribution in [2.45, 2.75) is 20.0 Å². The lowest BCUT2D eigenvalue weighted by molar-refractivity contribution is 0.0690. The molecule has 3 rings (SSSR count). The number of aromatic nitrogens is 2. The van der Waals surface area contributed by atoms with E-state index in [0.29, 0.717) is 0 Å². The van der Waals surface area contributed by atoms with E-state index < -0.39 is 5.97 Å². The van der Waals surface area contributed by atoms with Gasteiger partial charge in [0.15, 0.2) is 0 Å². The van der Waals surface area contributed by atoms with Crippen LogP contribution >= 0.6 is 0 Å². The topological polar surface area (TPSA) is 75.2 Å². The van der Waals surface area contributed by atoms with Gasteiger partial charge in [-0.2, -0.15) is 0 Å². The van der Waals surface area contributed by atoms with Crippen LogP contribution in [0.15, 0.2) is 30.5 Å². The van der Waals surface area contributed by atoms with Crippen LogP contribution in [0.3, 0.4) is 0 Å². The highest BCUT2D eigenvalue weighted by Gasteiger charge is 2.13. The van der Waals surface area contributed by atoms with Crippen molar-refractivity contribution in [2.24, 2.45) is 0 Å². The highest BCUT2D eigenvalue weighted by Crippen LogP contribution is 2.33. The quantitative estimate of drug-likeness (QED) is 0.766. The van der Waals surface area contributed by atoms with Gasteiger partial charge in [-0.15, -0.1) is 0 Å². The smallest absolute Gasteiger partial charge is 0.354 e. The highest BCUT2D eigenvalue weighted by atomic mass is 16.5. The van der Waals surface area contributed by atoms with Crippen molar-refractivity contribution < 1.29 is 14.6 Å². The number of ether oxygens (including phenoxy) is 1. The minimum Gasteiger partial charge on any atom is -0.490 e. The molecule has 2 N–H and O–H groups in total. The lowest BCUT2D eigenvalue weighted by atomic mass is 10.1. The summed E-state index contributed by atoms with van der Waals surface area (Å²) < 4.78 is 5.81. The van der Waals surface area contributed by atoms with Gasteiger partial charge in [0.25, 0.3) is 0 Å². The van der Waals surface area contributed by atoms with Crippen LogP contribution in [-0.2, 0) is 0 Å². The number of pyridine rings is 1. The van der Waals surface area contributed by atoms with E-state index in [1.54, 1.807) is 6.07 Å². The van der Waals surface area contributed by atoms with Gasteiger partial charge in [-0.25, -0.2) is 9.78 Å². The van der Waals surface area contributed by atoms with Crippen LogP contribution in [0.25, 0.3) is 21.8 Å².